The molecule has 0 aliphatic carbocycles. The average molecular weight is 156 g/mol. The molecule has 0 radical (unpaired) electrons. The van der Waals surface area contributed by atoms with Crippen LogP contribution in [0.15, 0.2) is 11.8 Å². The van der Waals surface area contributed by atoms with Gasteiger partial charge in [-0.05, 0) is 6.92 Å². The first-order valence-electron chi connectivity index (χ1n) is 3.42. The van der Waals surface area contributed by atoms with Gasteiger partial charge in [0.2, 0.25) is 5.78 Å². The van der Waals surface area contributed by atoms with Crippen molar-refractivity contribution in [1.82, 2.24) is 5.32 Å². The molecule has 0 bridgehead atoms. The third-order valence-electron chi connectivity index (χ3n) is 1.64. The Morgan fingerprint density at radius 1 is 1.82 bits per heavy atom. The van der Waals surface area contributed by atoms with E-state index in [9.17, 15) is 4.79 Å². The predicted molar refractivity (Wildman–Crippen MR) is 40.7 cm³/mol. The Bertz CT molecular complexity index is 208. The lowest BCUT2D eigenvalue weighted by Crippen LogP contribution is -2.50. The summed E-state index contributed by atoms with van der Waals surface area (Å²) < 4.78 is 5.08. The number of hydrogen-bond acceptors (Lipinski definition) is 4. The molecule has 1 aliphatic heterocycles. The highest BCUT2D eigenvalue weighted by Crippen LogP contribution is 2.12. The van der Waals surface area contributed by atoms with E-state index in [0.717, 1.165) is 5.70 Å². The van der Waals surface area contributed by atoms with E-state index in [0.29, 0.717) is 6.61 Å². The first-order chi connectivity index (χ1) is 5.06. The van der Waals surface area contributed by atoms with Gasteiger partial charge in [0.05, 0.1) is 6.61 Å². The van der Waals surface area contributed by atoms with Gasteiger partial charge in [0.25, 0.3) is 0 Å². The molecule has 0 spiro atoms. The van der Waals surface area contributed by atoms with Gasteiger partial charge in [-0.3, -0.25) is 10.5 Å². The van der Waals surface area contributed by atoms with Crippen LogP contribution in [0, 0.1) is 0 Å². The topological polar surface area (TPSA) is 64.4 Å². The molecule has 4 heteroatoms. The molecule has 1 aliphatic rings. The van der Waals surface area contributed by atoms with Crippen LogP contribution in [0.4, 0.5) is 0 Å². The number of hydrogen-bond donors (Lipinski definition) is 2. The van der Waals surface area contributed by atoms with Crippen LogP contribution in [0.3, 0.4) is 0 Å². The lowest BCUT2D eigenvalue weighted by molar-refractivity contribution is -0.137. The van der Waals surface area contributed by atoms with E-state index in [2.05, 4.69) is 5.32 Å². The molecule has 0 aromatic carbocycles. The Morgan fingerprint density at radius 2 is 2.45 bits per heavy atom. The zero-order chi connectivity index (χ0) is 8.48. The Balaban J connectivity index is 2.79. The minimum Gasteiger partial charge on any atom is -0.389 e. The standard InChI is InChI=1S/C7H12N2O2/c1-7(8)6(10)3-5(9-2)4-11-7/h3,9H,4,8H2,1-2H3. The van der Waals surface area contributed by atoms with E-state index in [1.54, 1.807) is 14.0 Å². The molecular weight excluding hydrogens is 144 g/mol. The molecule has 62 valence electrons. The van der Waals surface area contributed by atoms with Crippen LogP contribution in [-0.4, -0.2) is 25.2 Å². The van der Waals surface area contributed by atoms with Crippen molar-refractivity contribution >= 4 is 5.78 Å². The number of likely N-dealkylation sites (N-methyl/N-ethyl adjacent to an activating group) is 1. The van der Waals surface area contributed by atoms with Crippen molar-refractivity contribution in [3.8, 4) is 0 Å². The van der Waals surface area contributed by atoms with Crippen LogP contribution in [0.2, 0.25) is 0 Å². The van der Waals surface area contributed by atoms with Crippen molar-refractivity contribution < 1.29 is 9.53 Å². The van der Waals surface area contributed by atoms with Crippen molar-refractivity contribution in [2.45, 2.75) is 12.6 Å². The molecule has 0 amide bonds. The number of carbonyl (C=O) groups is 1. The number of nitrogens with one attached hydrogen (secondary N) is 1. The SMILES string of the molecule is CNC1=CC(=O)C(C)(N)OC1. The van der Waals surface area contributed by atoms with Gasteiger partial charge in [-0.15, -0.1) is 0 Å². The molecule has 1 unspecified atom stereocenters. The third kappa shape index (κ3) is 1.58. The maximum Gasteiger partial charge on any atom is 0.203 e. The summed E-state index contributed by atoms with van der Waals surface area (Å²) >= 11 is 0. The van der Waals surface area contributed by atoms with Gasteiger partial charge < -0.3 is 10.1 Å². The fourth-order valence-corrected chi connectivity index (χ4v) is 0.786. The Morgan fingerprint density at radius 3 is 2.91 bits per heavy atom. The number of ketones is 1. The Kier molecular flexibility index (Phi) is 1.97. The third-order valence-corrected chi connectivity index (χ3v) is 1.64. The summed E-state index contributed by atoms with van der Waals surface area (Å²) in [6.45, 7) is 1.92. The lowest BCUT2D eigenvalue weighted by atomic mass is 10.1. The summed E-state index contributed by atoms with van der Waals surface area (Å²) in [5, 5.41) is 2.83. The van der Waals surface area contributed by atoms with Gasteiger partial charge in [0, 0.05) is 18.8 Å². The van der Waals surface area contributed by atoms with E-state index in [1.807, 2.05) is 0 Å². The van der Waals surface area contributed by atoms with E-state index < -0.39 is 5.72 Å². The molecule has 3 N–H and O–H groups in total. The largest absolute Gasteiger partial charge is 0.389 e. The van der Waals surface area contributed by atoms with Crippen LogP contribution in [0.5, 0.6) is 0 Å². The normalized spacial score (nSPS) is 31.5. The molecule has 0 saturated heterocycles. The van der Waals surface area contributed by atoms with Gasteiger partial charge in [-0.1, -0.05) is 0 Å². The fraction of sp³-hybridized carbons (Fsp3) is 0.571. The van der Waals surface area contributed by atoms with Crippen molar-refractivity contribution in [3.05, 3.63) is 11.8 Å². The molecule has 0 fully saturated rings. The second-order valence-electron chi connectivity index (χ2n) is 2.68. The highest BCUT2D eigenvalue weighted by atomic mass is 16.5. The number of rotatable bonds is 1. The zero-order valence-electron chi connectivity index (χ0n) is 6.68. The first-order valence-corrected chi connectivity index (χ1v) is 3.42. The maximum atomic E-state index is 11.1. The van der Waals surface area contributed by atoms with E-state index in [-0.39, 0.29) is 5.78 Å². The monoisotopic (exact) mass is 156 g/mol. The Labute approximate surface area is 65.4 Å². The smallest absolute Gasteiger partial charge is 0.203 e. The van der Waals surface area contributed by atoms with Gasteiger partial charge in [0.1, 0.15) is 0 Å². The van der Waals surface area contributed by atoms with Gasteiger partial charge in [-0.2, -0.15) is 0 Å². The van der Waals surface area contributed by atoms with E-state index in [1.165, 1.54) is 6.08 Å². The van der Waals surface area contributed by atoms with Crippen molar-refractivity contribution in [2.24, 2.45) is 5.73 Å². The molecule has 0 aromatic heterocycles. The molecule has 1 atom stereocenters. The first kappa shape index (κ1) is 8.23. The molecule has 1 rings (SSSR count). The minimum atomic E-state index is -1.14. The zero-order valence-corrected chi connectivity index (χ0v) is 6.68. The number of nitrogens with two attached hydrogens (primary N) is 1. The van der Waals surface area contributed by atoms with Crippen LogP contribution < -0.4 is 11.1 Å². The number of carbonyl (C=O) groups excluding carboxylic acids is 1. The highest BCUT2D eigenvalue weighted by molar-refractivity contribution is 5.97. The van der Waals surface area contributed by atoms with Crippen molar-refractivity contribution in [2.75, 3.05) is 13.7 Å². The maximum absolute atomic E-state index is 11.1. The summed E-state index contributed by atoms with van der Waals surface area (Å²) in [6.07, 6.45) is 1.48. The average Bonchev–Trinajstić information content (AvgIpc) is 1.95. The van der Waals surface area contributed by atoms with Crippen LogP contribution in [0.1, 0.15) is 6.92 Å². The van der Waals surface area contributed by atoms with Crippen molar-refractivity contribution in [3.63, 3.8) is 0 Å². The molecule has 0 aromatic rings. The van der Waals surface area contributed by atoms with Crippen LogP contribution in [-0.2, 0) is 9.53 Å². The molecular formula is C7H12N2O2. The predicted octanol–water partition coefficient (Wildman–Crippen LogP) is -0.636. The summed E-state index contributed by atoms with van der Waals surface area (Å²) in [5.41, 5.74) is 5.12. The lowest BCUT2D eigenvalue weighted by Gasteiger charge is -2.27. The van der Waals surface area contributed by atoms with E-state index in [4.69, 9.17) is 10.5 Å². The van der Waals surface area contributed by atoms with Crippen molar-refractivity contribution in [1.29, 1.82) is 0 Å². The number of ether oxygens (including phenoxy) is 1. The summed E-state index contributed by atoms with van der Waals surface area (Å²) in [7, 11) is 1.74. The second-order valence-corrected chi connectivity index (χ2v) is 2.68. The molecule has 4 nitrogen and oxygen atoms in total. The summed E-state index contributed by atoms with van der Waals surface area (Å²) in [4.78, 5) is 11.1. The van der Waals surface area contributed by atoms with Gasteiger partial charge >= 0.3 is 0 Å². The van der Waals surface area contributed by atoms with Gasteiger partial charge in [-0.25, -0.2) is 0 Å². The Hall–Kier alpha value is -0.870. The summed E-state index contributed by atoms with van der Waals surface area (Å²) in [5.74, 6) is -0.201. The fourth-order valence-electron chi connectivity index (χ4n) is 0.786. The minimum absolute atomic E-state index is 0.201. The molecule has 1 heterocycles. The molecule has 11 heavy (non-hydrogen) atoms. The quantitative estimate of drug-likeness (QED) is 0.530. The molecule has 0 saturated carbocycles. The van der Waals surface area contributed by atoms with E-state index >= 15 is 0 Å². The van der Waals surface area contributed by atoms with Gasteiger partial charge in [0.15, 0.2) is 5.72 Å². The second kappa shape index (κ2) is 2.64. The summed E-state index contributed by atoms with van der Waals surface area (Å²) in [6, 6.07) is 0. The van der Waals surface area contributed by atoms with Crippen LogP contribution >= 0.6 is 0 Å². The highest BCUT2D eigenvalue weighted by Gasteiger charge is 2.31. The van der Waals surface area contributed by atoms with Crippen LogP contribution in [0.25, 0.3) is 0 Å².